The molecule has 9 heteroatoms. The molecule has 0 spiro atoms. The summed E-state index contributed by atoms with van der Waals surface area (Å²) in [6, 6.07) is 9.39. The Morgan fingerprint density at radius 3 is 2.83 bits per heavy atom. The van der Waals surface area contributed by atoms with Gasteiger partial charge in [0, 0.05) is 43.8 Å². The zero-order chi connectivity index (χ0) is 20.2. The number of carbonyl (C=O) groups is 1. The second-order valence-corrected chi connectivity index (χ2v) is 6.82. The summed E-state index contributed by atoms with van der Waals surface area (Å²) in [7, 11) is 1.68. The molecule has 150 valence electrons. The van der Waals surface area contributed by atoms with E-state index in [1.54, 1.807) is 24.4 Å². The van der Waals surface area contributed by atoms with Crippen molar-refractivity contribution in [2.24, 2.45) is 0 Å². The molecule has 0 saturated carbocycles. The van der Waals surface area contributed by atoms with Crippen molar-refractivity contribution in [1.29, 1.82) is 0 Å². The Bertz CT molecular complexity index is 987. The number of nitrogens with one attached hydrogen (secondary N) is 2. The van der Waals surface area contributed by atoms with Gasteiger partial charge in [-0.3, -0.25) is 9.58 Å². The number of rotatable bonds is 7. The lowest BCUT2D eigenvalue weighted by Gasteiger charge is -2.14. The maximum atomic E-state index is 11.8. The predicted molar refractivity (Wildman–Crippen MR) is 110 cm³/mol. The molecule has 3 heterocycles. The molecular weight excluding hydrogens is 370 g/mol. The van der Waals surface area contributed by atoms with E-state index in [4.69, 9.17) is 4.74 Å². The van der Waals surface area contributed by atoms with Crippen LogP contribution in [0.4, 0.5) is 22.0 Å². The minimum atomic E-state index is -0.0689. The molecule has 1 aliphatic heterocycles. The summed E-state index contributed by atoms with van der Waals surface area (Å²) in [6.45, 7) is 4.00. The van der Waals surface area contributed by atoms with E-state index in [0.717, 1.165) is 16.9 Å². The van der Waals surface area contributed by atoms with Gasteiger partial charge in [-0.15, -0.1) is 0 Å². The highest BCUT2D eigenvalue weighted by Crippen LogP contribution is 2.23. The monoisotopic (exact) mass is 393 g/mol. The van der Waals surface area contributed by atoms with E-state index in [1.165, 1.54) is 0 Å². The largest absolute Gasteiger partial charge is 0.380 e. The fourth-order valence-corrected chi connectivity index (χ4v) is 3.09. The number of anilines is 3. The summed E-state index contributed by atoms with van der Waals surface area (Å²) in [5.74, 6) is 1.28. The van der Waals surface area contributed by atoms with Gasteiger partial charge in [0.05, 0.1) is 24.5 Å². The van der Waals surface area contributed by atoms with Gasteiger partial charge in [0.2, 0.25) is 0 Å². The highest BCUT2D eigenvalue weighted by atomic mass is 16.5. The third-order valence-electron chi connectivity index (χ3n) is 4.70. The summed E-state index contributed by atoms with van der Waals surface area (Å²) >= 11 is 0. The molecule has 4 rings (SSSR count). The van der Waals surface area contributed by atoms with Gasteiger partial charge in [-0.2, -0.15) is 5.10 Å². The second kappa shape index (κ2) is 8.27. The van der Waals surface area contributed by atoms with Crippen LogP contribution in [0, 0.1) is 0 Å². The number of aromatic nitrogens is 4. The maximum absolute atomic E-state index is 11.8. The van der Waals surface area contributed by atoms with Crippen LogP contribution >= 0.6 is 0 Å². The van der Waals surface area contributed by atoms with Gasteiger partial charge >= 0.3 is 6.03 Å². The molecule has 1 saturated heterocycles. The first-order valence-corrected chi connectivity index (χ1v) is 9.43. The van der Waals surface area contributed by atoms with Crippen LogP contribution in [-0.2, 0) is 11.3 Å². The van der Waals surface area contributed by atoms with E-state index < -0.39 is 0 Å². The molecule has 1 aromatic carbocycles. The van der Waals surface area contributed by atoms with Gasteiger partial charge in [0.25, 0.3) is 0 Å². The molecule has 3 aromatic rings. The molecule has 29 heavy (non-hydrogen) atoms. The van der Waals surface area contributed by atoms with Gasteiger partial charge < -0.3 is 15.4 Å². The van der Waals surface area contributed by atoms with Gasteiger partial charge in [0.15, 0.2) is 5.82 Å². The van der Waals surface area contributed by atoms with E-state index in [0.29, 0.717) is 31.3 Å². The third-order valence-corrected chi connectivity index (χ3v) is 4.70. The van der Waals surface area contributed by atoms with Crippen LogP contribution in [0.1, 0.15) is 6.92 Å². The minimum absolute atomic E-state index is 0.0689. The second-order valence-electron chi connectivity index (χ2n) is 6.82. The normalized spacial score (nSPS) is 14.7. The number of hydrogen-bond acceptors (Lipinski definition) is 6. The predicted octanol–water partition coefficient (Wildman–Crippen LogP) is 2.65. The van der Waals surface area contributed by atoms with Crippen LogP contribution in [0.25, 0.3) is 11.4 Å². The molecule has 0 bridgehead atoms. The maximum Gasteiger partial charge on any atom is 0.321 e. The summed E-state index contributed by atoms with van der Waals surface area (Å²) in [6.07, 6.45) is 5.46. The Labute approximate surface area is 168 Å². The lowest BCUT2D eigenvalue weighted by atomic mass is 10.2. The third kappa shape index (κ3) is 4.35. The lowest BCUT2D eigenvalue weighted by molar-refractivity contribution is 0.0998. The minimum Gasteiger partial charge on any atom is -0.380 e. The van der Waals surface area contributed by atoms with E-state index in [9.17, 15) is 4.79 Å². The fourth-order valence-electron chi connectivity index (χ4n) is 3.09. The van der Waals surface area contributed by atoms with Gasteiger partial charge in [-0.25, -0.2) is 14.8 Å². The fraction of sp³-hybridized carbons (Fsp3) is 0.300. The molecule has 0 aliphatic carbocycles. The summed E-state index contributed by atoms with van der Waals surface area (Å²) in [4.78, 5) is 22.5. The molecule has 9 nitrogen and oxygen atoms in total. The Morgan fingerprint density at radius 2 is 2.10 bits per heavy atom. The van der Waals surface area contributed by atoms with Crippen LogP contribution in [0.3, 0.4) is 0 Å². The zero-order valence-corrected chi connectivity index (χ0v) is 16.4. The van der Waals surface area contributed by atoms with Crippen LogP contribution in [-0.4, -0.2) is 52.1 Å². The number of methoxy groups -OCH3 is 1. The Morgan fingerprint density at radius 1 is 1.28 bits per heavy atom. The number of nitrogens with zero attached hydrogens (tertiary/aromatic N) is 5. The molecule has 2 aromatic heterocycles. The van der Waals surface area contributed by atoms with Crippen molar-refractivity contribution in [3.63, 3.8) is 0 Å². The van der Waals surface area contributed by atoms with Crippen molar-refractivity contribution in [2.45, 2.75) is 19.6 Å². The molecular formula is C20H23N7O2. The number of ether oxygens (including phenoxy) is 1. The first-order chi connectivity index (χ1) is 14.1. The standard InChI is InChI=1S/C20H23N7O2/c1-14(29-2)12-26-13-16(11-23-26)24-18-7-8-21-19(25-18)15-3-5-17(6-4-15)27-10-9-22-20(27)28/h3-8,11,13-14H,9-10,12H2,1-2H3,(H,22,28)(H,21,24,25)/t14-/m1/s1. The quantitative estimate of drug-likeness (QED) is 0.641. The van der Waals surface area contributed by atoms with Gasteiger partial charge in [0.1, 0.15) is 5.82 Å². The smallest absolute Gasteiger partial charge is 0.321 e. The molecule has 2 amide bonds. The van der Waals surface area contributed by atoms with Crippen LogP contribution in [0.15, 0.2) is 48.9 Å². The van der Waals surface area contributed by atoms with Crippen LogP contribution in [0.5, 0.6) is 0 Å². The number of hydrogen-bond donors (Lipinski definition) is 2. The highest BCUT2D eigenvalue weighted by Gasteiger charge is 2.20. The molecule has 0 radical (unpaired) electrons. The number of benzene rings is 1. The number of urea groups is 1. The van der Waals surface area contributed by atoms with E-state index in [1.807, 2.05) is 48.1 Å². The first-order valence-electron chi connectivity index (χ1n) is 9.43. The average Bonchev–Trinajstić information content (AvgIpc) is 3.37. The van der Waals surface area contributed by atoms with Crippen molar-refractivity contribution >= 4 is 23.2 Å². The first kappa shape index (κ1) is 18.9. The van der Waals surface area contributed by atoms with E-state index >= 15 is 0 Å². The van der Waals surface area contributed by atoms with Crippen LogP contribution in [0.2, 0.25) is 0 Å². The molecule has 1 fully saturated rings. The van der Waals surface area contributed by atoms with Gasteiger partial charge in [-0.05, 0) is 37.3 Å². The summed E-state index contributed by atoms with van der Waals surface area (Å²) < 4.78 is 7.09. The highest BCUT2D eigenvalue weighted by molar-refractivity contribution is 5.94. The SMILES string of the molecule is CO[C@H](C)Cn1cc(Nc2ccnc(-c3ccc(N4CCNC4=O)cc3)n2)cn1. The Balaban J connectivity index is 1.47. The van der Waals surface area contributed by atoms with Crippen molar-refractivity contribution in [3.8, 4) is 11.4 Å². The van der Waals surface area contributed by atoms with Gasteiger partial charge in [-0.1, -0.05) is 0 Å². The summed E-state index contributed by atoms with van der Waals surface area (Å²) in [5, 5.41) is 10.4. The molecule has 2 N–H and O–H groups in total. The lowest BCUT2D eigenvalue weighted by Crippen LogP contribution is -2.27. The molecule has 1 aliphatic rings. The van der Waals surface area contributed by atoms with Crippen molar-refractivity contribution in [1.82, 2.24) is 25.1 Å². The van der Waals surface area contributed by atoms with Crippen molar-refractivity contribution in [2.75, 3.05) is 30.4 Å². The van der Waals surface area contributed by atoms with E-state index in [2.05, 4.69) is 25.7 Å². The Hall–Kier alpha value is -3.46. The van der Waals surface area contributed by atoms with Crippen molar-refractivity contribution < 1.29 is 9.53 Å². The van der Waals surface area contributed by atoms with E-state index in [-0.39, 0.29) is 12.1 Å². The Kier molecular flexibility index (Phi) is 5.39. The summed E-state index contributed by atoms with van der Waals surface area (Å²) in [5.41, 5.74) is 2.57. The van der Waals surface area contributed by atoms with Crippen LogP contribution < -0.4 is 15.5 Å². The topological polar surface area (TPSA) is 97.2 Å². The zero-order valence-electron chi connectivity index (χ0n) is 16.4. The molecule has 1 atom stereocenters. The van der Waals surface area contributed by atoms with Crippen molar-refractivity contribution in [3.05, 3.63) is 48.9 Å². The molecule has 0 unspecified atom stereocenters. The average molecular weight is 393 g/mol. The number of amides is 2. The number of carbonyl (C=O) groups excluding carboxylic acids is 1.